The molecule has 1 aromatic carbocycles. The minimum Gasteiger partial charge on any atom is -0.370 e. The van der Waals surface area contributed by atoms with Crippen molar-refractivity contribution in [1.29, 1.82) is 0 Å². The summed E-state index contributed by atoms with van der Waals surface area (Å²) in [7, 11) is 3.58. The van der Waals surface area contributed by atoms with Crippen LogP contribution in [-0.2, 0) is 18.3 Å². The molecule has 5 rings (SSSR count). The van der Waals surface area contributed by atoms with Crippen LogP contribution in [0.25, 0.3) is 11.1 Å². The molecular weight excluding hydrogens is 421 g/mol. The molecule has 2 aliphatic heterocycles. The zero-order valence-corrected chi connectivity index (χ0v) is 17.9. The number of carbonyl (C=O) groups is 1. The third kappa shape index (κ3) is 3.55. The van der Waals surface area contributed by atoms with Crippen LogP contribution in [0.5, 0.6) is 0 Å². The molecule has 0 saturated carbocycles. The largest absolute Gasteiger partial charge is 0.370 e. The van der Waals surface area contributed by atoms with Crippen molar-refractivity contribution in [2.75, 3.05) is 31.6 Å². The summed E-state index contributed by atoms with van der Waals surface area (Å²) >= 11 is 5.95. The fourth-order valence-corrected chi connectivity index (χ4v) is 4.32. The summed E-state index contributed by atoms with van der Waals surface area (Å²) in [6.07, 6.45) is 3.56. The number of hydrogen-bond acceptors (Lipinski definition) is 5. The Morgan fingerprint density at radius 3 is 2.81 bits per heavy atom. The van der Waals surface area contributed by atoms with E-state index in [0.717, 1.165) is 11.1 Å². The number of carbonyl (C=O) groups excluding carboxylic acids is 1. The monoisotopic (exact) mass is 441 g/mol. The highest BCUT2D eigenvalue weighted by Gasteiger charge is 2.32. The molecule has 2 aliphatic rings. The number of ether oxygens (including phenoxy) is 1. The number of fused-ring (bicyclic) bond motifs is 1. The van der Waals surface area contributed by atoms with E-state index in [2.05, 4.69) is 15.0 Å². The lowest BCUT2D eigenvalue weighted by Crippen LogP contribution is -2.39. The molecule has 0 radical (unpaired) electrons. The third-order valence-electron chi connectivity index (χ3n) is 5.76. The predicted molar refractivity (Wildman–Crippen MR) is 115 cm³/mol. The minimum atomic E-state index is -0.427. The van der Waals surface area contributed by atoms with Crippen LogP contribution < -0.4 is 4.90 Å². The lowest BCUT2D eigenvalue weighted by atomic mass is 9.99. The lowest BCUT2D eigenvalue weighted by Gasteiger charge is -2.33. The number of amides is 1. The Labute approximate surface area is 184 Å². The Hall–Kier alpha value is -2.97. The average Bonchev–Trinajstić information content (AvgIpc) is 3.31. The van der Waals surface area contributed by atoms with E-state index in [-0.39, 0.29) is 12.0 Å². The number of hydrogen-bond donors (Lipinski definition) is 0. The van der Waals surface area contributed by atoms with Crippen molar-refractivity contribution in [3.8, 4) is 11.1 Å². The van der Waals surface area contributed by atoms with Crippen LogP contribution in [0.1, 0.15) is 27.7 Å². The Bertz CT molecular complexity index is 1180. The number of anilines is 1. The number of pyridine rings is 1. The quantitative estimate of drug-likeness (QED) is 0.623. The van der Waals surface area contributed by atoms with Gasteiger partial charge >= 0.3 is 0 Å². The number of benzene rings is 1. The summed E-state index contributed by atoms with van der Waals surface area (Å²) in [5.74, 6) is 0.0394. The summed E-state index contributed by atoms with van der Waals surface area (Å²) in [4.78, 5) is 21.1. The van der Waals surface area contributed by atoms with Gasteiger partial charge in [0.05, 0.1) is 12.8 Å². The van der Waals surface area contributed by atoms with E-state index in [1.165, 1.54) is 6.07 Å². The Morgan fingerprint density at radius 2 is 2.06 bits per heavy atom. The van der Waals surface area contributed by atoms with Crippen molar-refractivity contribution in [2.45, 2.75) is 12.6 Å². The summed E-state index contributed by atoms with van der Waals surface area (Å²) < 4.78 is 22.5. The lowest BCUT2D eigenvalue weighted by molar-refractivity contribution is 0.0395. The molecular formula is C22H21ClFN5O2. The van der Waals surface area contributed by atoms with Gasteiger partial charge in [-0.05, 0) is 29.8 Å². The summed E-state index contributed by atoms with van der Waals surface area (Å²) in [6, 6.07) is 6.46. The molecule has 1 fully saturated rings. The van der Waals surface area contributed by atoms with Crippen molar-refractivity contribution in [1.82, 2.24) is 19.7 Å². The van der Waals surface area contributed by atoms with Crippen molar-refractivity contribution in [3.05, 3.63) is 64.3 Å². The maximum atomic E-state index is 14.8. The number of halogens is 2. The highest BCUT2D eigenvalue weighted by atomic mass is 35.5. The Kier molecular flexibility index (Phi) is 4.91. The van der Waals surface area contributed by atoms with Gasteiger partial charge in [0.25, 0.3) is 5.91 Å². The average molecular weight is 442 g/mol. The van der Waals surface area contributed by atoms with Crippen molar-refractivity contribution in [3.63, 3.8) is 0 Å². The third-order valence-corrected chi connectivity index (χ3v) is 6.00. The number of morpholine rings is 1. The first kappa shape index (κ1) is 20.0. The minimum absolute atomic E-state index is 0.161. The second kappa shape index (κ2) is 7.62. The molecule has 0 bridgehead atoms. The van der Waals surface area contributed by atoms with Gasteiger partial charge in [-0.2, -0.15) is 5.10 Å². The maximum absolute atomic E-state index is 14.8. The standard InChI is InChI=1S/C22H21ClFN5O2/c1-27-11-17-16(15-4-3-14(23)7-18(15)24)8-20(26-21(17)22(27)30)29-5-6-31-19(12-29)13-9-25-28(2)10-13/h3-4,7-10,19H,5-6,11-12H2,1-2H3/t19-/m0/s1. The van der Waals surface area contributed by atoms with Crippen LogP contribution in [0, 0.1) is 5.82 Å². The van der Waals surface area contributed by atoms with Gasteiger partial charge < -0.3 is 14.5 Å². The van der Waals surface area contributed by atoms with Gasteiger partial charge in [0.15, 0.2) is 0 Å². The molecule has 160 valence electrons. The zero-order valence-electron chi connectivity index (χ0n) is 17.2. The zero-order chi connectivity index (χ0) is 21.7. The Morgan fingerprint density at radius 1 is 1.23 bits per heavy atom. The van der Waals surface area contributed by atoms with Crippen LogP contribution >= 0.6 is 11.6 Å². The van der Waals surface area contributed by atoms with E-state index in [1.54, 1.807) is 35.0 Å². The molecule has 31 heavy (non-hydrogen) atoms. The molecule has 1 atom stereocenters. The van der Waals surface area contributed by atoms with Crippen LogP contribution in [0.15, 0.2) is 36.7 Å². The van der Waals surface area contributed by atoms with E-state index < -0.39 is 5.82 Å². The van der Waals surface area contributed by atoms with Crippen LogP contribution in [-0.4, -0.2) is 52.3 Å². The van der Waals surface area contributed by atoms with Gasteiger partial charge in [0, 0.05) is 61.6 Å². The second-order valence-corrected chi connectivity index (χ2v) is 8.33. The fraction of sp³-hybridized carbons (Fsp3) is 0.318. The molecule has 0 unspecified atom stereocenters. The fourth-order valence-electron chi connectivity index (χ4n) is 4.16. The smallest absolute Gasteiger partial charge is 0.272 e. The molecule has 0 spiro atoms. The summed E-state index contributed by atoms with van der Waals surface area (Å²) in [6.45, 7) is 2.08. The molecule has 1 amide bonds. The van der Waals surface area contributed by atoms with Gasteiger partial charge in [-0.3, -0.25) is 9.48 Å². The van der Waals surface area contributed by atoms with E-state index >= 15 is 0 Å². The van der Waals surface area contributed by atoms with Crippen molar-refractivity contribution < 1.29 is 13.9 Å². The molecule has 9 heteroatoms. The van der Waals surface area contributed by atoms with Gasteiger partial charge in [-0.15, -0.1) is 0 Å². The van der Waals surface area contributed by atoms with Gasteiger partial charge in [-0.25, -0.2) is 9.37 Å². The summed E-state index contributed by atoms with van der Waals surface area (Å²) in [5.41, 5.74) is 3.15. The first-order valence-corrected chi connectivity index (χ1v) is 10.4. The second-order valence-electron chi connectivity index (χ2n) is 7.89. The molecule has 0 N–H and O–H groups in total. The number of aryl methyl sites for hydroxylation is 1. The molecule has 0 aliphatic carbocycles. The molecule has 2 aromatic heterocycles. The van der Waals surface area contributed by atoms with Gasteiger partial charge in [0.2, 0.25) is 0 Å². The number of aromatic nitrogens is 3. The SMILES string of the molecule is CN1Cc2c(-c3ccc(Cl)cc3F)cc(N3CCO[C@H](c4cnn(C)c4)C3)nc2C1=O. The molecule has 3 aromatic rings. The van der Waals surface area contributed by atoms with Crippen LogP contribution in [0.3, 0.4) is 0 Å². The molecule has 7 nitrogen and oxygen atoms in total. The van der Waals surface area contributed by atoms with Crippen LogP contribution in [0.4, 0.5) is 10.2 Å². The first-order chi connectivity index (χ1) is 14.9. The highest BCUT2D eigenvalue weighted by Crippen LogP contribution is 2.37. The summed E-state index contributed by atoms with van der Waals surface area (Å²) in [5, 5.41) is 4.55. The number of rotatable bonds is 3. The van der Waals surface area contributed by atoms with E-state index in [1.807, 2.05) is 19.3 Å². The van der Waals surface area contributed by atoms with Gasteiger partial charge in [0.1, 0.15) is 23.4 Å². The van der Waals surface area contributed by atoms with E-state index in [4.69, 9.17) is 16.3 Å². The van der Waals surface area contributed by atoms with Crippen molar-refractivity contribution >= 4 is 23.3 Å². The van der Waals surface area contributed by atoms with E-state index in [9.17, 15) is 9.18 Å². The molecule has 4 heterocycles. The molecule has 1 saturated heterocycles. The predicted octanol–water partition coefficient (Wildman–Crippen LogP) is 3.44. The van der Waals surface area contributed by atoms with Gasteiger partial charge in [-0.1, -0.05) is 11.6 Å². The maximum Gasteiger partial charge on any atom is 0.272 e. The topological polar surface area (TPSA) is 63.5 Å². The normalized spacial score (nSPS) is 18.6. The highest BCUT2D eigenvalue weighted by molar-refractivity contribution is 6.30. The number of nitrogens with zero attached hydrogens (tertiary/aromatic N) is 5. The van der Waals surface area contributed by atoms with Crippen LogP contribution in [0.2, 0.25) is 5.02 Å². The first-order valence-electron chi connectivity index (χ1n) is 10.0. The van der Waals surface area contributed by atoms with E-state index in [0.29, 0.717) is 53.9 Å². The Balaban J connectivity index is 1.57. The van der Waals surface area contributed by atoms with Crippen molar-refractivity contribution in [2.24, 2.45) is 7.05 Å².